The van der Waals surface area contributed by atoms with Crippen LogP contribution in [0.5, 0.6) is 0 Å². The summed E-state index contributed by atoms with van der Waals surface area (Å²) < 4.78 is 31.7. The van der Waals surface area contributed by atoms with Gasteiger partial charge in [0.05, 0.1) is 16.3 Å². The van der Waals surface area contributed by atoms with Gasteiger partial charge in [-0.15, -0.1) is 0 Å². The number of hydrogen-bond acceptors (Lipinski definition) is 4. The van der Waals surface area contributed by atoms with Gasteiger partial charge in [-0.2, -0.15) is 8.42 Å². The summed E-state index contributed by atoms with van der Waals surface area (Å²) in [4.78, 5) is -0.0529. The summed E-state index contributed by atoms with van der Waals surface area (Å²) >= 11 is 0. The summed E-state index contributed by atoms with van der Waals surface area (Å²) in [5.74, 6) is 0. The molecule has 0 bridgehead atoms. The van der Waals surface area contributed by atoms with Crippen LogP contribution in [0.2, 0.25) is 0 Å². The summed E-state index contributed by atoms with van der Waals surface area (Å²) in [6, 6.07) is 13.7. The van der Waals surface area contributed by atoms with Gasteiger partial charge < -0.3 is 11.1 Å². The van der Waals surface area contributed by atoms with Crippen molar-refractivity contribution in [2.24, 2.45) is 0 Å². The molecule has 0 saturated carbocycles. The molecule has 5 nitrogen and oxygen atoms in total. The van der Waals surface area contributed by atoms with Gasteiger partial charge in [-0.3, -0.25) is 4.55 Å². The van der Waals surface area contributed by atoms with Gasteiger partial charge in [-0.25, -0.2) is 0 Å². The van der Waals surface area contributed by atoms with Crippen molar-refractivity contribution in [3.8, 4) is 0 Å². The topological polar surface area (TPSA) is 92.4 Å². The minimum Gasteiger partial charge on any atom is -0.397 e. The third-order valence-electron chi connectivity index (χ3n) is 2.92. The fourth-order valence-electron chi connectivity index (χ4n) is 1.95. The van der Waals surface area contributed by atoms with Crippen LogP contribution >= 0.6 is 0 Å². The second-order valence-corrected chi connectivity index (χ2v) is 5.74. The van der Waals surface area contributed by atoms with Crippen molar-refractivity contribution in [1.82, 2.24) is 0 Å². The average molecular weight is 292 g/mol. The molecule has 20 heavy (non-hydrogen) atoms. The molecule has 4 N–H and O–H groups in total. The third-order valence-corrected chi connectivity index (χ3v) is 3.88. The minimum atomic E-state index is -4.19. The molecule has 2 rings (SSSR count). The van der Waals surface area contributed by atoms with Crippen molar-refractivity contribution in [1.29, 1.82) is 0 Å². The van der Waals surface area contributed by atoms with Gasteiger partial charge >= 0.3 is 0 Å². The number of rotatable bonds is 5. The van der Waals surface area contributed by atoms with Gasteiger partial charge in [0, 0.05) is 6.54 Å². The van der Waals surface area contributed by atoms with Crippen LogP contribution in [0.1, 0.15) is 5.56 Å². The first-order chi connectivity index (χ1) is 9.48. The lowest BCUT2D eigenvalue weighted by molar-refractivity contribution is 0.482. The quantitative estimate of drug-likeness (QED) is 0.580. The molecule has 2 aromatic rings. The maximum atomic E-state index is 11.3. The number of nitrogens with one attached hydrogen (secondary N) is 1. The van der Waals surface area contributed by atoms with Crippen LogP contribution in [-0.4, -0.2) is 19.5 Å². The zero-order valence-electron chi connectivity index (χ0n) is 10.8. The van der Waals surface area contributed by atoms with Crippen LogP contribution in [-0.2, 0) is 16.5 Å². The molecule has 0 heterocycles. The maximum absolute atomic E-state index is 11.3. The Bertz CT molecular complexity index is 699. The van der Waals surface area contributed by atoms with Crippen LogP contribution in [0.15, 0.2) is 53.4 Å². The monoisotopic (exact) mass is 292 g/mol. The van der Waals surface area contributed by atoms with Gasteiger partial charge in [-0.05, 0) is 30.2 Å². The van der Waals surface area contributed by atoms with E-state index in [0.717, 1.165) is 5.69 Å². The van der Waals surface area contributed by atoms with E-state index in [-0.39, 0.29) is 4.90 Å². The van der Waals surface area contributed by atoms with Gasteiger partial charge in [0.25, 0.3) is 10.1 Å². The number of benzene rings is 2. The lowest BCUT2D eigenvalue weighted by atomic mass is 10.1. The zero-order chi connectivity index (χ0) is 14.6. The predicted octanol–water partition coefficient (Wildman–Crippen LogP) is 2.17. The molecule has 0 fully saturated rings. The van der Waals surface area contributed by atoms with E-state index in [1.165, 1.54) is 6.07 Å². The van der Waals surface area contributed by atoms with Crippen LogP contribution in [0.25, 0.3) is 0 Å². The number of anilines is 2. The lowest BCUT2D eigenvalue weighted by Crippen LogP contribution is -2.10. The smallest absolute Gasteiger partial charge is 0.294 e. The molecule has 0 aliphatic carbocycles. The van der Waals surface area contributed by atoms with Crippen molar-refractivity contribution < 1.29 is 13.0 Å². The Hall–Kier alpha value is -2.05. The third kappa shape index (κ3) is 3.49. The standard InChI is InChI=1S/C14H16N2O3S/c15-12-6-2-3-7-13(12)16-10-9-11-5-1-4-8-14(11)20(17,18)19/h1-8,16H,9-10,15H2,(H,17,18,19). The molecule has 2 aromatic carbocycles. The normalized spacial score (nSPS) is 11.2. The first kappa shape index (κ1) is 14.4. The Morgan fingerprint density at radius 1 is 1.05 bits per heavy atom. The fraction of sp³-hybridized carbons (Fsp3) is 0.143. The Kier molecular flexibility index (Phi) is 4.26. The molecular weight excluding hydrogens is 276 g/mol. The number of hydrogen-bond donors (Lipinski definition) is 3. The predicted molar refractivity (Wildman–Crippen MR) is 79.3 cm³/mol. The first-order valence-electron chi connectivity index (χ1n) is 6.12. The highest BCUT2D eigenvalue weighted by molar-refractivity contribution is 7.85. The van der Waals surface area contributed by atoms with E-state index < -0.39 is 10.1 Å². The molecule has 0 unspecified atom stereocenters. The average Bonchev–Trinajstić information content (AvgIpc) is 2.40. The van der Waals surface area contributed by atoms with E-state index in [9.17, 15) is 8.42 Å². The van der Waals surface area contributed by atoms with E-state index in [1.807, 2.05) is 18.2 Å². The summed E-state index contributed by atoms with van der Waals surface area (Å²) in [7, 11) is -4.19. The number of nitrogen functional groups attached to an aromatic ring is 1. The SMILES string of the molecule is Nc1ccccc1NCCc1ccccc1S(=O)(=O)O. The Morgan fingerprint density at radius 3 is 2.40 bits per heavy atom. The molecule has 0 spiro atoms. The summed E-state index contributed by atoms with van der Waals surface area (Å²) in [5, 5.41) is 3.14. The molecule has 0 amide bonds. The molecule has 0 aliphatic rings. The highest BCUT2D eigenvalue weighted by Gasteiger charge is 2.13. The Morgan fingerprint density at radius 2 is 1.70 bits per heavy atom. The van der Waals surface area contributed by atoms with E-state index in [0.29, 0.717) is 24.2 Å². The lowest BCUT2D eigenvalue weighted by Gasteiger charge is -2.10. The second kappa shape index (κ2) is 5.94. The summed E-state index contributed by atoms with van der Waals surface area (Å²) in [6.07, 6.45) is 0.463. The summed E-state index contributed by atoms with van der Waals surface area (Å²) in [6.45, 7) is 0.515. The van der Waals surface area contributed by atoms with Gasteiger partial charge in [0.15, 0.2) is 0 Å². The second-order valence-electron chi connectivity index (χ2n) is 4.35. The van der Waals surface area contributed by atoms with Crippen molar-refractivity contribution in [2.45, 2.75) is 11.3 Å². The number of para-hydroxylation sites is 2. The molecule has 0 saturated heterocycles. The summed E-state index contributed by atoms with van der Waals surface area (Å²) in [5.41, 5.74) is 7.80. The van der Waals surface area contributed by atoms with Gasteiger partial charge in [0.1, 0.15) is 0 Å². The van der Waals surface area contributed by atoms with Crippen molar-refractivity contribution in [2.75, 3.05) is 17.6 Å². The van der Waals surface area contributed by atoms with Crippen molar-refractivity contribution in [3.63, 3.8) is 0 Å². The molecule has 0 atom stereocenters. The van der Waals surface area contributed by atoms with Crippen LogP contribution in [0.3, 0.4) is 0 Å². The molecular formula is C14H16N2O3S. The highest BCUT2D eigenvalue weighted by atomic mass is 32.2. The highest BCUT2D eigenvalue weighted by Crippen LogP contribution is 2.18. The zero-order valence-corrected chi connectivity index (χ0v) is 11.6. The molecule has 0 aromatic heterocycles. The minimum absolute atomic E-state index is 0.0529. The fourth-order valence-corrected chi connectivity index (χ4v) is 2.70. The molecule has 6 heteroatoms. The molecule has 0 aliphatic heterocycles. The van der Waals surface area contributed by atoms with E-state index in [4.69, 9.17) is 10.3 Å². The molecule has 106 valence electrons. The maximum Gasteiger partial charge on any atom is 0.294 e. The number of nitrogens with two attached hydrogens (primary N) is 1. The van der Waals surface area contributed by atoms with Crippen molar-refractivity contribution in [3.05, 3.63) is 54.1 Å². The van der Waals surface area contributed by atoms with Crippen molar-refractivity contribution >= 4 is 21.5 Å². The van der Waals surface area contributed by atoms with Gasteiger partial charge in [0.2, 0.25) is 0 Å². The largest absolute Gasteiger partial charge is 0.397 e. The Labute approximate surface area is 118 Å². The molecule has 0 radical (unpaired) electrons. The van der Waals surface area contributed by atoms with E-state index in [1.54, 1.807) is 24.3 Å². The van der Waals surface area contributed by atoms with Gasteiger partial charge in [-0.1, -0.05) is 30.3 Å². The van der Waals surface area contributed by atoms with Crippen LogP contribution < -0.4 is 11.1 Å². The van der Waals surface area contributed by atoms with Crippen LogP contribution in [0, 0.1) is 0 Å². The first-order valence-corrected chi connectivity index (χ1v) is 7.56. The Balaban J connectivity index is 2.07. The van der Waals surface area contributed by atoms with E-state index in [2.05, 4.69) is 5.32 Å². The van der Waals surface area contributed by atoms with Crippen LogP contribution in [0.4, 0.5) is 11.4 Å². The van der Waals surface area contributed by atoms with E-state index >= 15 is 0 Å².